The lowest BCUT2D eigenvalue weighted by molar-refractivity contribution is -0.137. The standard InChI is InChI=1S/C25H27N3O4S/c1-16-3-5-18(6-4-16)28-15-17(13-23(28)29)24(30)27-11-9-19(10-12-27)32-25-26-21-8-7-20(31-2)14-22(21)33-25/h3-8,14,17,19H,9-13,15H2,1-2H3. The summed E-state index contributed by atoms with van der Waals surface area (Å²) in [7, 11) is 1.65. The fourth-order valence-corrected chi connectivity index (χ4v) is 5.41. The van der Waals surface area contributed by atoms with E-state index in [1.807, 2.05) is 54.3 Å². The number of fused-ring (bicyclic) bond motifs is 1. The molecule has 0 saturated carbocycles. The van der Waals surface area contributed by atoms with Crippen LogP contribution in [-0.2, 0) is 9.59 Å². The van der Waals surface area contributed by atoms with Gasteiger partial charge in [0.25, 0.3) is 5.19 Å². The molecule has 172 valence electrons. The first-order valence-electron chi connectivity index (χ1n) is 11.3. The van der Waals surface area contributed by atoms with Crippen molar-refractivity contribution >= 4 is 39.1 Å². The number of nitrogens with zero attached hydrogens (tertiary/aromatic N) is 3. The lowest BCUT2D eigenvalue weighted by Gasteiger charge is -2.33. The number of aromatic nitrogens is 1. The van der Waals surface area contributed by atoms with Gasteiger partial charge in [0.1, 0.15) is 11.9 Å². The van der Waals surface area contributed by atoms with Gasteiger partial charge in [-0.2, -0.15) is 0 Å². The second-order valence-electron chi connectivity index (χ2n) is 8.70. The Morgan fingerprint density at radius 1 is 1.12 bits per heavy atom. The van der Waals surface area contributed by atoms with E-state index in [1.165, 1.54) is 11.3 Å². The van der Waals surface area contributed by atoms with Crippen molar-refractivity contribution in [1.29, 1.82) is 0 Å². The number of carbonyl (C=O) groups excluding carboxylic acids is 2. The monoisotopic (exact) mass is 465 g/mol. The Bertz CT molecular complexity index is 1170. The average molecular weight is 466 g/mol. The number of thiazole rings is 1. The minimum Gasteiger partial charge on any atom is -0.497 e. The van der Waals surface area contributed by atoms with Crippen LogP contribution >= 0.6 is 11.3 Å². The summed E-state index contributed by atoms with van der Waals surface area (Å²) < 4.78 is 12.4. The van der Waals surface area contributed by atoms with Gasteiger partial charge in [0.05, 0.1) is 23.2 Å². The first-order chi connectivity index (χ1) is 16.0. The van der Waals surface area contributed by atoms with E-state index < -0.39 is 0 Å². The van der Waals surface area contributed by atoms with Crippen LogP contribution in [0.1, 0.15) is 24.8 Å². The summed E-state index contributed by atoms with van der Waals surface area (Å²) in [6.45, 7) is 3.74. The number of hydrogen-bond acceptors (Lipinski definition) is 6. The lowest BCUT2D eigenvalue weighted by Crippen LogP contribution is -2.44. The topological polar surface area (TPSA) is 72.0 Å². The molecular formula is C25H27N3O4S. The number of rotatable bonds is 5. The molecule has 0 aliphatic carbocycles. The summed E-state index contributed by atoms with van der Waals surface area (Å²) in [5.41, 5.74) is 2.91. The maximum absolute atomic E-state index is 13.1. The van der Waals surface area contributed by atoms with Crippen molar-refractivity contribution in [1.82, 2.24) is 9.88 Å². The highest BCUT2D eigenvalue weighted by molar-refractivity contribution is 7.20. The Morgan fingerprint density at radius 3 is 2.61 bits per heavy atom. The molecule has 0 bridgehead atoms. The van der Waals surface area contributed by atoms with Gasteiger partial charge in [-0.05, 0) is 37.3 Å². The molecule has 7 nitrogen and oxygen atoms in total. The van der Waals surface area contributed by atoms with Gasteiger partial charge in [-0.15, -0.1) is 0 Å². The molecule has 3 heterocycles. The third-order valence-corrected chi connectivity index (χ3v) is 7.33. The van der Waals surface area contributed by atoms with Crippen LogP contribution in [0.4, 0.5) is 5.69 Å². The van der Waals surface area contributed by atoms with Gasteiger partial charge in [-0.25, -0.2) is 4.98 Å². The largest absolute Gasteiger partial charge is 0.497 e. The van der Waals surface area contributed by atoms with E-state index in [-0.39, 0.29) is 30.3 Å². The molecule has 33 heavy (non-hydrogen) atoms. The molecule has 2 aliphatic heterocycles. The Morgan fingerprint density at radius 2 is 1.88 bits per heavy atom. The number of hydrogen-bond donors (Lipinski definition) is 0. The predicted octanol–water partition coefficient (Wildman–Crippen LogP) is 4.04. The number of ether oxygens (including phenoxy) is 2. The van der Waals surface area contributed by atoms with Crippen LogP contribution in [0.3, 0.4) is 0 Å². The molecule has 1 unspecified atom stereocenters. The van der Waals surface area contributed by atoms with E-state index in [2.05, 4.69) is 4.98 Å². The Hall–Kier alpha value is -3.13. The molecule has 1 aromatic heterocycles. The Kier molecular flexibility index (Phi) is 5.93. The van der Waals surface area contributed by atoms with Gasteiger partial charge >= 0.3 is 0 Å². The Balaban J connectivity index is 1.16. The highest BCUT2D eigenvalue weighted by Gasteiger charge is 2.38. The van der Waals surface area contributed by atoms with Crippen LogP contribution in [0.25, 0.3) is 10.2 Å². The molecule has 0 spiro atoms. The van der Waals surface area contributed by atoms with E-state index >= 15 is 0 Å². The number of anilines is 1. The zero-order chi connectivity index (χ0) is 22.9. The molecular weight excluding hydrogens is 438 g/mol. The van der Waals surface area contributed by atoms with E-state index in [0.717, 1.165) is 40.1 Å². The summed E-state index contributed by atoms with van der Waals surface area (Å²) in [6, 6.07) is 13.7. The molecule has 2 amide bonds. The molecule has 0 N–H and O–H groups in total. The van der Waals surface area contributed by atoms with Crippen molar-refractivity contribution in [3.63, 3.8) is 0 Å². The van der Waals surface area contributed by atoms with Gasteiger partial charge in [0.2, 0.25) is 11.8 Å². The maximum Gasteiger partial charge on any atom is 0.274 e. The summed E-state index contributed by atoms with van der Waals surface area (Å²) in [4.78, 5) is 33.8. The lowest BCUT2D eigenvalue weighted by atomic mass is 10.0. The minimum atomic E-state index is -0.282. The van der Waals surface area contributed by atoms with Gasteiger partial charge < -0.3 is 19.3 Å². The molecule has 2 fully saturated rings. The van der Waals surface area contributed by atoms with Crippen molar-refractivity contribution in [2.45, 2.75) is 32.3 Å². The van der Waals surface area contributed by atoms with Gasteiger partial charge in [-0.3, -0.25) is 9.59 Å². The number of likely N-dealkylation sites (tertiary alicyclic amines) is 1. The van der Waals surface area contributed by atoms with Crippen LogP contribution in [0.15, 0.2) is 42.5 Å². The van der Waals surface area contributed by atoms with E-state index in [4.69, 9.17) is 9.47 Å². The summed E-state index contributed by atoms with van der Waals surface area (Å²) in [5.74, 6) is 0.609. The molecule has 8 heteroatoms. The number of aryl methyl sites for hydroxylation is 1. The number of piperidine rings is 1. The molecule has 0 radical (unpaired) electrons. The zero-order valence-electron chi connectivity index (χ0n) is 18.8. The minimum absolute atomic E-state index is 0.0166. The highest BCUT2D eigenvalue weighted by Crippen LogP contribution is 2.33. The number of benzene rings is 2. The molecule has 1 atom stereocenters. The van der Waals surface area contributed by atoms with Crippen LogP contribution in [0.2, 0.25) is 0 Å². The van der Waals surface area contributed by atoms with Crippen molar-refractivity contribution in [2.75, 3.05) is 31.6 Å². The predicted molar refractivity (Wildman–Crippen MR) is 128 cm³/mol. The Labute approximate surface area is 196 Å². The van der Waals surface area contributed by atoms with Crippen molar-refractivity contribution in [2.24, 2.45) is 5.92 Å². The second kappa shape index (κ2) is 9.02. The first-order valence-corrected chi connectivity index (χ1v) is 12.1. The third kappa shape index (κ3) is 4.53. The summed E-state index contributed by atoms with van der Waals surface area (Å²) in [5, 5.41) is 0.651. The normalized spacial score (nSPS) is 19.3. The molecule has 2 aromatic carbocycles. The van der Waals surface area contributed by atoms with Crippen molar-refractivity contribution in [3.05, 3.63) is 48.0 Å². The smallest absolute Gasteiger partial charge is 0.274 e. The fraction of sp³-hybridized carbons (Fsp3) is 0.400. The third-order valence-electron chi connectivity index (χ3n) is 6.42. The van der Waals surface area contributed by atoms with Crippen LogP contribution < -0.4 is 14.4 Å². The van der Waals surface area contributed by atoms with Gasteiger partial charge in [0, 0.05) is 44.6 Å². The molecule has 2 aliphatic rings. The van der Waals surface area contributed by atoms with Crippen molar-refractivity contribution < 1.29 is 19.1 Å². The molecule has 3 aromatic rings. The van der Waals surface area contributed by atoms with E-state index in [9.17, 15) is 9.59 Å². The average Bonchev–Trinajstić information content (AvgIpc) is 3.41. The van der Waals surface area contributed by atoms with E-state index in [0.29, 0.717) is 24.8 Å². The highest BCUT2D eigenvalue weighted by atomic mass is 32.1. The summed E-state index contributed by atoms with van der Waals surface area (Å²) in [6.07, 6.45) is 1.82. The maximum atomic E-state index is 13.1. The number of methoxy groups -OCH3 is 1. The number of amides is 2. The first kappa shape index (κ1) is 21.7. The molecule has 2 saturated heterocycles. The number of carbonyl (C=O) groups is 2. The molecule has 5 rings (SSSR count). The summed E-state index contributed by atoms with van der Waals surface area (Å²) >= 11 is 1.51. The fourth-order valence-electron chi connectivity index (χ4n) is 4.50. The van der Waals surface area contributed by atoms with Crippen LogP contribution in [-0.4, -0.2) is 54.5 Å². The zero-order valence-corrected chi connectivity index (χ0v) is 19.6. The van der Waals surface area contributed by atoms with E-state index in [1.54, 1.807) is 12.0 Å². The van der Waals surface area contributed by atoms with Crippen LogP contribution in [0.5, 0.6) is 10.9 Å². The van der Waals surface area contributed by atoms with Crippen LogP contribution in [0, 0.1) is 12.8 Å². The van der Waals surface area contributed by atoms with Gasteiger partial charge in [0.15, 0.2) is 0 Å². The quantitative estimate of drug-likeness (QED) is 0.569. The SMILES string of the molecule is COc1ccc2nc(OC3CCN(C(=O)C4CC(=O)N(c5ccc(C)cc5)C4)CC3)sc2c1. The second-order valence-corrected chi connectivity index (χ2v) is 9.69. The van der Waals surface area contributed by atoms with Crippen molar-refractivity contribution in [3.8, 4) is 10.9 Å². The van der Waals surface area contributed by atoms with Gasteiger partial charge in [-0.1, -0.05) is 29.0 Å².